The third-order valence-corrected chi connectivity index (χ3v) is 14.6. The molecular formula is C40H58F18O5. The zero-order valence-corrected chi connectivity index (χ0v) is 35.5. The highest BCUT2D eigenvalue weighted by atomic mass is 19.4. The Labute approximate surface area is 354 Å². The van der Waals surface area contributed by atoms with Gasteiger partial charge in [-0.2, -0.15) is 79.0 Å². The molecule has 0 aromatic rings. The zero-order chi connectivity index (χ0) is 49.3. The van der Waals surface area contributed by atoms with Gasteiger partial charge in [0, 0.05) is 11.8 Å². The van der Waals surface area contributed by atoms with Crippen LogP contribution in [0.1, 0.15) is 125 Å². The summed E-state index contributed by atoms with van der Waals surface area (Å²) in [7, 11) is 0. The SMILES string of the molecule is CC1C2CC(CC(O)(C(F)(F)F)C(F)(F)F)C(C2)C1C.CCC(C)C(=O)OC1CCC(C(O)(C(F)(F)F)C(F)(F)F)CC1.CCC(C)C1CCC(C(O)(C(F)(F)F)C(F)(F)F)CC1. The van der Waals surface area contributed by atoms with Crippen LogP contribution in [0, 0.1) is 59.2 Å². The quantitative estimate of drug-likeness (QED) is 0.158. The lowest BCUT2D eigenvalue weighted by Gasteiger charge is -2.42. The molecule has 0 heterocycles. The van der Waals surface area contributed by atoms with Crippen molar-refractivity contribution in [1.29, 1.82) is 0 Å². The highest BCUT2D eigenvalue weighted by molar-refractivity contribution is 5.72. The third-order valence-electron chi connectivity index (χ3n) is 14.6. The van der Waals surface area contributed by atoms with Crippen molar-refractivity contribution in [3.63, 3.8) is 0 Å². The number of carbonyl (C=O) groups is 1. The lowest BCUT2D eigenvalue weighted by atomic mass is 9.69. The molecule has 0 radical (unpaired) electrons. The van der Waals surface area contributed by atoms with Gasteiger partial charge < -0.3 is 20.1 Å². The molecule has 0 saturated heterocycles. The van der Waals surface area contributed by atoms with Crippen molar-refractivity contribution in [3.05, 3.63) is 0 Å². The summed E-state index contributed by atoms with van der Waals surface area (Å²) in [4.78, 5) is 11.6. The summed E-state index contributed by atoms with van der Waals surface area (Å²) in [6.07, 6.45) is -35.2. The van der Waals surface area contributed by atoms with Crippen LogP contribution in [0.2, 0.25) is 0 Å². The summed E-state index contributed by atoms with van der Waals surface area (Å²) < 4.78 is 234. The average Bonchev–Trinajstić information content (AvgIpc) is 3.68. The molecule has 0 amide bonds. The second-order valence-corrected chi connectivity index (χ2v) is 18.2. The van der Waals surface area contributed by atoms with Gasteiger partial charge in [0.15, 0.2) is 0 Å². The number of ether oxygens (including phenoxy) is 1. The maximum Gasteiger partial charge on any atom is 0.426 e. The van der Waals surface area contributed by atoms with E-state index in [2.05, 4.69) is 0 Å². The number of carbonyl (C=O) groups excluding carboxylic acids is 1. The first-order chi connectivity index (χ1) is 28.2. The van der Waals surface area contributed by atoms with Crippen LogP contribution >= 0.6 is 0 Å². The van der Waals surface area contributed by atoms with Crippen molar-refractivity contribution in [2.75, 3.05) is 0 Å². The van der Waals surface area contributed by atoms with Crippen LogP contribution in [0.25, 0.3) is 0 Å². The van der Waals surface area contributed by atoms with Crippen LogP contribution in [-0.4, -0.2) is 81.3 Å². The highest BCUT2D eigenvalue weighted by Crippen LogP contribution is 2.60. The molecule has 4 rings (SSSR count). The highest BCUT2D eigenvalue weighted by Gasteiger charge is 2.75. The molecule has 4 aliphatic carbocycles. The summed E-state index contributed by atoms with van der Waals surface area (Å²) in [6, 6.07) is 0. The van der Waals surface area contributed by atoms with Gasteiger partial charge in [-0.1, -0.05) is 48.0 Å². The van der Waals surface area contributed by atoms with E-state index in [1.807, 2.05) is 27.7 Å². The number of rotatable bonds is 9. The van der Waals surface area contributed by atoms with Crippen molar-refractivity contribution in [3.8, 4) is 0 Å². The Bertz CT molecular complexity index is 1390. The van der Waals surface area contributed by atoms with E-state index in [1.165, 1.54) is 0 Å². The van der Waals surface area contributed by atoms with Gasteiger partial charge in [0.1, 0.15) is 6.10 Å². The maximum atomic E-state index is 12.8. The van der Waals surface area contributed by atoms with E-state index < -0.39 is 103 Å². The standard InChI is InChI=1S/C14H20F6O3.C13H18F6O.C13H20F6O/c1-3-8(2)11(21)23-10-6-4-9(5-7-10)12(22,13(15,16)17)14(18,19)20;1-6-7(2)10-4-8(6)3-9(10)5-11(20,12(14,15)16)13(17,18)19;1-3-8(2)9-4-6-10(7-5-9)11(20,12(14,15)16)13(17,18)19/h8-10,22H,3-7H2,1-2H3;6-10,20H,3-5H2,1-2H3;8-10,20H,3-7H2,1-2H3. The molecule has 3 N–H and O–H groups in total. The minimum absolute atomic E-state index is 0.115. The fourth-order valence-corrected chi connectivity index (χ4v) is 9.83. The summed E-state index contributed by atoms with van der Waals surface area (Å²) in [6.45, 7) is 11.1. The van der Waals surface area contributed by atoms with E-state index in [1.54, 1.807) is 13.8 Å². The fourth-order valence-electron chi connectivity index (χ4n) is 9.83. The van der Waals surface area contributed by atoms with Crippen LogP contribution in [0.5, 0.6) is 0 Å². The van der Waals surface area contributed by atoms with Gasteiger partial charge in [0.2, 0.25) is 0 Å². The number of alkyl halides is 18. The van der Waals surface area contributed by atoms with Crippen LogP contribution in [0.4, 0.5) is 79.0 Å². The van der Waals surface area contributed by atoms with Gasteiger partial charge in [-0.05, 0) is 118 Å². The van der Waals surface area contributed by atoms with E-state index in [0.29, 0.717) is 38.0 Å². The predicted octanol–water partition coefficient (Wildman–Crippen LogP) is 12.8. The van der Waals surface area contributed by atoms with Crippen molar-refractivity contribution < 1.29 is 104 Å². The van der Waals surface area contributed by atoms with Crippen molar-refractivity contribution in [1.82, 2.24) is 0 Å². The molecule has 0 aliphatic heterocycles. The molecule has 374 valence electrons. The second kappa shape index (κ2) is 20.1. The van der Waals surface area contributed by atoms with Crippen LogP contribution in [0.15, 0.2) is 0 Å². The van der Waals surface area contributed by atoms with E-state index >= 15 is 0 Å². The summed E-state index contributed by atoms with van der Waals surface area (Å²) >= 11 is 0. The number of esters is 1. The van der Waals surface area contributed by atoms with Crippen LogP contribution < -0.4 is 0 Å². The molecule has 4 aliphatic rings. The number of hydrogen-bond acceptors (Lipinski definition) is 5. The predicted molar refractivity (Wildman–Crippen MR) is 190 cm³/mol. The molecule has 4 fully saturated rings. The molecular weight excluding hydrogens is 902 g/mol. The molecule has 2 bridgehead atoms. The van der Waals surface area contributed by atoms with Crippen LogP contribution in [-0.2, 0) is 9.53 Å². The number of hydrogen-bond donors (Lipinski definition) is 3. The lowest BCUT2D eigenvalue weighted by molar-refractivity contribution is -0.388. The van der Waals surface area contributed by atoms with Gasteiger partial charge in [-0.15, -0.1) is 0 Å². The summed E-state index contributed by atoms with van der Waals surface area (Å²) in [5.41, 5.74) is -13.9. The first kappa shape index (κ1) is 57.2. The van der Waals surface area contributed by atoms with E-state index in [0.717, 1.165) is 6.42 Å². The van der Waals surface area contributed by atoms with Gasteiger partial charge in [0.05, 0.1) is 5.92 Å². The van der Waals surface area contributed by atoms with Gasteiger partial charge in [0.25, 0.3) is 16.8 Å². The Balaban J connectivity index is 0.000000326. The molecule has 7 atom stereocenters. The molecule has 23 heteroatoms. The van der Waals surface area contributed by atoms with Gasteiger partial charge in [-0.25, -0.2) is 0 Å². The van der Waals surface area contributed by atoms with Crippen molar-refractivity contribution in [2.45, 2.75) is 185 Å². The van der Waals surface area contributed by atoms with E-state index in [9.17, 15) is 99.1 Å². The Morgan fingerprint density at radius 2 is 0.937 bits per heavy atom. The minimum Gasteiger partial charge on any atom is -0.462 e. The Kier molecular flexibility index (Phi) is 18.3. The third kappa shape index (κ3) is 12.2. The molecule has 0 aromatic heterocycles. The lowest BCUT2D eigenvalue weighted by Crippen LogP contribution is -2.62. The molecule has 4 saturated carbocycles. The van der Waals surface area contributed by atoms with Crippen molar-refractivity contribution in [2.24, 2.45) is 59.2 Å². The average molecular weight is 961 g/mol. The molecule has 0 aromatic carbocycles. The normalized spacial score (nSPS) is 30.1. The smallest absolute Gasteiger partial charge is 0.426 e. The fraction of sp³-hybridized carbons (Fsp3) is 0.975. The number of aliphatic hydroxyl groups is 3. The van der Waals surface area contributed by atoms with Gasteiger partial charge >= 0.3 is 43.0 Å². The zero-order valence-electron chi connectivity index (χ0n) is 35.5. The molecule has 63 heavy (non-hydrogen) atoms. The summed E-state index contributed by atoms with van der Waals surface area (Å²) in [5.74, 6) is -4.50. The number of fused-ring (bicyclic) bond motifs is 2. The maximum absolute atomic E-state index is 12.8. The molecule has 5 nitrogen and oxygen atoms in total. The largest absolute Gasteiger partial charge is 0.462 e. The van der Waals surface area contributed by atoms with E-state index in [4.69, 9.17) is 4.74 Å². The van der Waals surface area contributed by atoms with Gasteiger partial charge in [-0.3, -0.25) is 4.79 Å². The summed E-state index contributed by atoms with van der Waals surface area (Å²) in [5, 5.41) is 28.0. The minimum atomic E-state index is -5.81. The Morgan fingerprint density at radius 3 is 1.24 bits per heavy atom. The first-order valence-corrected chi connectivity index (χ1v) is 21.0. The number of halogens is 18. The monoisotopic (exact) mass is 960 g/mol. The Morgan fingerprint density at radius 1 is 0.556 bits per heavy atom. The topological polar surface area (TPSA) is 87.0 Å². The van der Waals surface area contributed by atoms with Crippen molar-refractivity contribution >= 4 is 5.97 Å². The molecule has 0 spiro atoms. The first-order valence-electron chi connectivity index (χ1n) is 21.0. The van der Waals surface area contributed by atoms with E-state index in [-0.39, 0.29) is 61.2 Å². The second-order valence-electron chi connectivity index (χ2n) is 18.2. The van der Waals surface area contributed by atoms with Crippen LogP contribution in [0.3, 0.4) is 0 Å². The molecule has 7 unspecified atom stereocenters. The Hall–Kier alpha value is -1.91.